The molecule has 3 N–H and O–H groups in total. The van der Waals surface area contributed by atoms with Gasteiger partial charge in [-0.1, -0.05) is 96.9 Å². The number of hydrogen-bond acceptors (Lipinski definition) is 1. The fourth-order valence-electron chi connectivity index (χ4n) is 6.88. The molecule has 0 saturated heterocycles. The Kier molecular flexibility index (Phi) is 29.7. The molecule has 5 heterocycles. The van der Waals surface area contributed by atoms with Crippen LogP contribution in [0.1, 0.15) is 153 Å². The Morgan fingerprint density at radius 2 is 1.15 bits per heavy atom. The number of oxazole rings is 1. The highest BCUT2D eigenvalue weighted by Crippen LogP contribution is 2.33. The first-order chi connectivity index (χ1) is 26.5. The lowest BCUT2D eigenvalue weighted by Gasteiger charge is -2.29. The van der Waals surface area contributed by atoms with Gasteiger partial charge in [-0.25, -0.2) is 18.3 Å². The van der Waals surface area contributed by atoms with Crippen LogP contribution in [0.15, 0.2) is 128 Å². The van der Waals surface area contributed by atoms with Crippen LogP contribution >= 0.6 is 0 Å². The normalized spacial score (nSPS) is 14.0. The van der Waals surface area contributed by atoms with Crippen molar-refractivity contribution in [3.63, 3.8) is 0 Å². The molecule has 1 fully saturated rings. The Labute approximate surface area is 368 Å². The second kappa shape index (κ2) is 31.1. The average Bonchev–Trinajstić information content (AvgIpc) is 4.02. The summed E-state index contributed by atoms with van der Waals surface area (Å²) in [5.74, 6) is 4.03. The van der Waals surface area contributed by atoms with Crippen molar-refractivity contribution in [2.24, 2.45) is 23.7 Å². The molecule has 1 saturated carbocycles. The van der Waals surface area contributed by atoms with Crippen molar-refractivity contribution < 1.29 is 27.3 Å². The maximum absolute atomic E-state index is 5.08. The molecular weight excluding hydrogens is 741 g/mol. The van der Waals surface area contributed by atoms with Crippen molar-refractivity contribution in [1.82, 2.24) is 15.0 Å². The summed E-state index contributed by atoms with van der Waals surface area (Å²) in [7, 11) is 0. The quantitative estimate of drug-likeness (QED) is 0.106. The predicted molar refractivity (Wildman–Crippen MR) is 251 cm³/mol. The van der Waals surface area contributed by atoms with Gasteiger partial charge in [0.1, 0.15) is 56.8 Å². The van der Waals surface area contributed by atoms with Crippen LogP contribution in [0.4, 0.5) is 0 Å². The Bertz CT molecular complexity index is 1730. The molecule has 336 valence electrons. The second-order valence-corrected chi connectivity index (χ2v) is 16.5. The summed E-state index contributed by atoms with van der Waals surface area (Å²) in [6.45, 7) is 22.1. The molecule has 0 unspecified atom stereocenters. The van der Waals surface area contributed by atoms with E-state index in [0.29, 0.717) is 12.0 Å². The van der Waals surface area contributed by atoms with Crippen molar-refractivity contribution in [3.8, 4) is 0 Å². The van der Waals surface area contributed by atoms with Crippen LogP contribution in [0.2, 0.25) is 0 Å². The van der Waals surface area contributed by atoms with Crippen molar-refractivity contribution in [2.45, 2.75) is 163 Å². The van der Waals surface area contributed by atoms with E-state index < -0.39 is 0 Å². The highest BCUT2D eigenvalue weighted by Gasteiger charge is 2.25. The summed E-state index contributed by atoms with van der Waals surface area (Å²) in [6, 6.07) is 13.7. The van der Waals surface area contributed by atoms with Crippen LogP contribution in [0.25, 0.3) is 0 Å². The first-order valence-corrected chi connectivity index (χ1v) is 20.6. The van der Waals surface area contributed by atoms with E-state index in [1.54, 1.807) is 6.26 Å². The summed E-state index contributed by atoms with van der Waals surface area (Å²) < 4.78 is 15.9. The molecule has 6 aromatic rings. The molecule has 9 heteroatoms. The largest absolute Gasteiger partial charge is 0.412 e. The Morgan fingerprint density at radius 3 is 1.55 bits per heavy atom. The minimum atomic E-state index is 0. The molecular formula is C51H91N8O+5. The van der Waals surface area contributed by atoms with E-state index in [2.05, 4.69) is 148 Å². The van der Waals surface area contributed by atoms with E-state index in [9.17, 15) is 0 Å². The van der Waals surface area contributed by atoms with Gasteiger partial charge in [0.2, 0.25) is 25.2 Å². The molecule has 9 nitrogen and oxygen atoms in total. The zero-order chi connectivity index (χ0) is 39.4. The van der Waals surface area contributed by atoms with Gasteiger partial charge >= 0.3 is 6.39 Å². The van der Waals surface area contributed by atoms with Crippen LogP contribution in [-0.4, -0.2) is 15.0 Å². The number of H-pyrrole nitrogens is 3. The van der Waals surface area contributed by atoms with E-state index in [1.165, 1.54) is 48.8 Å². The van der Waals surface area contributed by atoms with E-state index in [0.717, 1.165) is 49.9 Å². The highest BCUT2D eigenvalue weighted by atomic mass is 16.3. The van der Waals surface area contributed by atoms with Gasteiger partial charge in [-0.3, -0.25) is 15.0 Å². The summed E-state index contributed by atoms with van der Waals surface area (Å²) in [6.07, 6.45) is 34.6. The number of nitrogens with one attached hydrogen (secondary N) is 3. The molecule has 7 rings (SSSR count). The molecule has 0 amide bonds. The molecule has 5 aromatic heterocycles. The number of imidazole rings is 3. The third-order valence-corrected chi connectivity index (χ3v) is 10.4. The predicted octanol–water partition coefficient (Wildman–Crippen LogP) is 11.3. The van der Waals surface area contributed by atoms with Gasteiger partial charge in [0.25, 0.3) is 0 Å². The highest BCUT2D eigenvalue weighted by molar-refractivity contribution is 5.31. The smallest absolute Gasteiger partial charge is 0.334 e. The maximum atomic E-state index is 5.08. The van der Waals surface area contributed by atoms with Crippen LogP contribution in [0.5, 0.6) is 0 Å². The van der Waals surface area contributed by atoms with Gasteiger partial charge in [-0.15, -0.1) is 0 Å². The lowest BCUT2D eigenvalue weighted by Crippen LogP contribution is -2.36. The number of aryl methyl sites for hydroxylation is 1. The summed E-state index contributed by atoms with van der Waals surface area (Å²) in [4.78, 5) is 9.16. The zero-order valence-corrected chi connectivity index (χ0v) is 35.0. The Morgan fingerprint density at radius 1 is 0.600 bits per heavy atom. The molecule has 60 heavy (non-hydrogen) atoms. The molecule has 0 aliphatic heterocycles. The third kappa shape index (κ3) is 21.5. The second-order valence-electron chi connectivity index (χ2n) is 16.5. The average molecular weight is 832 g/mol. The lowest BCUT2D eigenvalue weighted by atomic mass is 9.77. The molecule has 0 radical (unpaired) electrons. The lowest BCUT2D eigenvalue weighted by molar-refractivity contribution is -0.715. The molecule has 1 aromatic carbocycles. The van der Waals surface area contributed by atoms with E-state index >= 15 is 0 Å². The number of aromatic amines is 3. The number of nitrogens with zero attached hydrogens (tertiary/aromatic N) is 5. The number of aromatic nitrogens is 8. The minimum absolute atomic E-state index is 0. The van der Waals surface area contributed by atoms with Crippen molar-refractivity contribution in [2.75, 3.05) is 0 Å². The fraction of sp³-hybridized carbons (Fsp3) is 0.549. The van der Waals surface area contributed by atoms with Gasteiger partial charge in [-0.05, 0) is 86.0 Å². The fourth-order valence-corrected chi connectivity index (χ4v) is 6.88. The zero-order valence-electron chi connectivity index (χ0n) is 35.0. The summed E-state index contributed by atoms with van der Waals surface area (Å²) >= 11 is 0. The van der Waals surface area contributed by atoms with Gasteiger partial charge < -0.3 is 4.42 Å². The van der Waals surface area contributed by atoms with Crippen LogP contribution in [0, 0.1) is 23.7 Å². The first kappa shape index (κ1) is 57.3. The topological polar surface area (TPSA) is 79.9 Å². The number of benzene rings is 1. The number of hydrogen-bond donors (Lipinski definition) is 3. The SMILES string of the molecule is C.C.C.C.C.CC(C)C1CCC(C[n+]2ccoc2)CC1.CC(C)CC[n+]1ccccc1.CC(C)[n+]1cc[nH]c1.CC(C)c1cc(C[n+]2cc[nH]c2)cc(C[n+]2cc[nH]c2)c1. The van der Waals surface area contributed by atoms with E-state index in [1.807, 2.05) is 62.4 Å². The Balaban J connectivity index is 0. The van der Waals surface area contributed by atoms with Crippen molar-refractivity contribution in [1.29, 1.82) is 0 Å². The maximum Gasteiger partial charge on any atom is 0.334 e. The number of pyridine rings is 1. The molecule has 1 aliphatic carbocycles. The standard InChI is InChI=1S/C17H20N4.C13H22NO.C10H16N.C6H10N2.5CH4/c1-14(2)17-8-15(10-20-5-3-18-12-20)7-16(9-17)11-21-6-4-19-13-21;1-11(2)13-5-3-12(4-6-13)9-14-7-8-15-10-14;1-10(2)6-9-11-7-4-3-5-8-11;1-6(2)8-4-3-7-5-8;;;;;/h3-9,12-14H,10-11H2,1-2H3;7-8,10-13H,3-6,9H2,1-2H3;3-5,7-8,10H,6,9H2,1-2H3;3-6H,1-2H3;5*1H4/q;2*+1;;;;;;/p+3. The molecule has 0 atom stereocenters. The van der Waals surface area contributed by atoms with Crippen LogP contribution in [-0.2, 0) is 26.2 Å². The Hall–Kier alpha value is -4.79. The molecule has 1 aliphatic rings. The minimum Gasteiger partial charge on any atom is -0.412 e. The van der Waals surface area contributed by atoms with Crippen molar-refractivity contribution in [3.05, 3.63) is 140 Å². The van der Waals surface area contributed by atoms with E-state index in [-0.39, 0.29) is 37.1 Å². The molecule has 0 bridgehead atoms. The molecule has 0 spiro atoms. The summed E-state index contributed by atoms with van der Waals surface area (Å²) in [5, 5.41) is 0. The van der Waals surface area contributed by atoms with Gasteiger partial charge in [-0.2, -0.15) is 4.57 Å². The monoisotopic (exact) mass is 832 g/mol. The van der Waals surface area contributed by atoms with E-state index in [4.69, 9.17) is 4.42 Å². The van der Waals surface area contributed by atoms with Gasteiger partial charge in [0.15, 0.2) is 25.2 Å². The van der Waals surface area contributed by atoms with Crippen LogP contribution in [0.3, 0.4) is 0 Å². The first-order valence-electron chi connectivity index (χ1n) is 20.6. The van der Waals surface area contributed by atoms with Gasteiger partial charge in [0, 0.05) is 24.5 Å². The summed E-state index contributed by atoms with van der Waals surface area (Å²) in [5.41, 5.74) is 4.09. The third-order valence-electron chi connectivity index (χ3n) is 10.4. The van der Waals surface area contributed by atoms with Gasteiger partial charge in [0.05, 0.1) is 6.04 Å². The number of rotatable bonds is 12. The van der Waals surface area contributed by atoms with Crippen LogP contribution < -0.4 is 22.8 Å². The van der Waals surface area contributed by atoms with Crippen molar-refractivity contribution >= 4 is 0 Å².